The molecule has 0 saturated heterocycles. The lowest BCUT2D eigenvalue weighted by Gasteiger charge is -2.26. The molecule has 0 atom stereocenters. The minimum atomic E-state index is -0.960. The van der Waals surface area contributed by atoms with E-state index in [1.54, 1.807) is 12.1 Å². The molecular formula is C16H24ClNO2. The second kappa shape index (κ2) is 7.53. The number of rotatable bonds is 8. The molecule has 0 heterocycles. The molecule has 0 aliphatic rings. The highest BCUT2D eigenvalue weighted by atomic mass is 35.5. The summed E-state index contributed by atoms with van der Waals surface area (Å²) in [6, 6.07) is 4.78. The summed E-state index contributed by atoms with van der Waals surface area (Å²) < 4.78 is 0. The van der Waals surface area contributed by atoms with Crippen molar-refractivity contribution in [3.8, 4) is 0 Å². The fourth-order valence-corrected chi connectivity index (χ4v) is 2.32. The maximum Gasteiger partial charge on any atom is 0.335 e. The predicted octanol–water partition coefficient (Wildman–Crippen LogP) is 5.06. The Bertz CT molecular complexity index is 458. The molecule has 20 heavy (non-hydrogen) atoms. The van der Waals surface area contributed by atoms with E-state index >= 15 is 0 Å². The average molecular weight is 298 g/mol. The molecule has 0 saturated carbocycles. The molecule has 1 aromatic rings. The zero-order valence-corrected chi connectivity index (χ0v) is 13.3. The number of nitrogens with one attached hydrogen (secondary N) is 1. The average Bonchev–Trinajstić information content (AvgIpc) is 2.37. The summed E-state index contributed by atoms with van der Waals surface area (Å²) in [6.45, 7) is 7.49. The van der Waals surface area contributed by atoms with E-state index in [0.29, 0.717) is 5.02 Å². The molecule has 112 valence electrons. The Morgan fingerprint density at radius 1 is 1.35 bits per heavy atom. The lowest BCUT2D eigenvalue weighted by molar-refractivity contribution is 0.0697. The van der Waals surface area contributed by atoms with Crippen LogP contribution in [-0.2, 0) is 0 Å². The number of benzene rings is 1. The highest BCUT2D eigenvalue weighted by Crippen LogP contribution is 2.28. The second-order valence-corrected chi connectivity index (χ2v) is 6.38. The van der Waals surface area contributed by atoms with Gasteiger partial charge < -0.3 is 10.4 Å². The Hall–Kier alpha value is -1.22. The molecule has 1 aromatic carbocycles. The predicted molar refractivity (Wildman–Crippen MR) is 84.8 cm³/mol. The number of aromatic carboxylic acids is 1. The summed E-state index contributed by atoms with van der Waals surface area (Å²) in [5, 5.41) is 12.7. The lowest BCUT2D eigenvalue weighted by atomic mass is 9.87. The van der Waals surface area contributed by atoms with Crippen molar-refractivity contribution < 1.29 is 9.90 Å². The molecule has 0 unspecified atom stereocenters. The first-order valence-electron chi connectivity index (χ1n) is 7.12. The van der Waals surface area contributed by atoms with Crippen molar-refractivity contribution >= 4 is 23.3 Å². The Balaban J connectivity index is 2.58. The van der Waals surface area contributed by atoms with Gasteiger partial charge in [-0.05, 0) is 30.0 Å². The number of hydrogen-bond acceptors (Lipinski definition) is 2. The maximum absolute atomic E-state index is 10.8. The van der Waals surface area contributed by atoms with Crippen LogP contribution in [0.5, 0.6) is 0 Å². The van der Waals surface area contributed by atoms with Crippen molar-refractivity contribution in [3.05, 3.63) is 28.8 Å². The van der Waals surface area contributed by atoms with Gasteiger partial charge in [-0.15, -0.1) is 0 Å². The zero-order valence-electron chi connectivity index (χ0n) is 12.5. The number of hydrogen-bond donors (Lipinski definition) is 2. The summed E-state index contributed by atoms with van der Waals surface area (Å²) in [4.78, 5) is 10.8. The van der Waals surface area contributed by atoms with Crippen LogP contribution in [0.15, 0.2) is 18.2 Å². The van der Waals surface area contributed by atoms with E-state index in [2.05, 4.69) is 26.1 Å². The van der Waals surface area contributed by atoms with Crippen molar-refractivity contribution in [1.82, 2.24) is 0 Å². The maximum atomic E-state index is 10.8. The number of carboxylic acid groups (broad SMARTS) is 1. The van der Waals surface area contributed by atoms with Crippen LogP contribution >= 0.6 is 11.6 Å². The number of carboxylic acids is 1. The van der Waals surface area contributed by atoms with Crippen molar-refractivity contribution in [1.29, 1.82) is 0 Å². The highest BCUT2D eigenvalue weighted by molar-refractivity contribution is 6.33. The van der Waals surface area contributed by atoms with Crippen LogP contribution in [0.2, 0.25) is 5.02 Å². The van der Waals surface area contributed by atoms with Crippen molar-refractivity contribution in [2.24, 2.45) is 5.41 Å². The number of halogens is 1. The molecule has 0 aromatic heterocycles. The molecule has 1 rings (SSSR count). The molecule has 0 aliphatic heterocycles. The fourth-order valence-electron chi connectivity index (χ4n) is 2.07. The molecule has 0 bridgehead atoms. The van der Waals surface area contributed by atoms with Gasteiger partial charge in [-0.25, -0.2) is 4.79 Å². The van der Waals surface area contributed by atoms with Crippen molar-refractivity contribution in [3.63, 3.8) is 0 Å². The fraction of sp³-hybridized carbons (Fsp3) is 0.562. The van der Waals surface area contributed by atoms with Crippen LogP contribution in [0.4, 0.5) is 5.69 Å². The monoisotopic (exact) mass is 297 g/mol. The van der Waals surface area contributed by atoms with E-state index in [9.17, 15) is 4.79 Å². The first-order chi connectivity index (χ1) is 9.35. The van der Waals surface area contributed by atoms with Gasteiger partial charge in [0, 0.05) is 6.54 Å². The first kappa shape index (κ1) is 16.8. The SMILES string of the molecule is CCCCCC(C)(C)CNc1ccc(C(=O)O)cc1Cl. The van der Waals surface area contributed by atoms with Gasteiger partial charge in [0.25, 0.3) is 0 Å². The molecule has 0 aliphatic carbocycles. The van der Waals surface area contributed by atoms with Crippen LogP contribution < -0.4 is 5.32 Å². The van der Waals surface area contributed by atoms with E-state index < -0.39 is 5.97 Å². The summed E-state index contributed by atoms with van der Waals surface area (Å²) >= 11 is 6.10. The Kier molecular flexibility index (Phi) is 6.34. The summed E-state index contributed by atoms with van der Waals surface area (Å²) in [5.41, 5.74) is 1.20. The van der Waals surface area contributed by atoms with Crippen LogP contribution in [0, 0.1) is 5.41 Å². The third-order valence-corrected chi connectivity index (χ3v) is 3.74. The van der Waals surface area contributed by atoms with Crippen LogP contribution in [0.3, 0.4) is 0 Å². The van der Waals surface area contributed by atoms with E-state index in [-0.39, 0.29) is 11.0 Å². The topological polar surface area (TPSA) is 49.3 Å². The molecule has 0 radical (unpaired) electrons. The normalized spacial score (nSPS) is 11.4. The Morgan fingerprint density at radius 3 is 2.60 bits per heavy atom. The van der Waals surface area contributed by atoms with Gasteiger partial charge in [0.1, 0.15) is 0 Å². The van der Waals surface area contributed by atoms with Crippen molar-refractivity contribution in [2.75, 3.05) is 11.9 Å². The van der Waals surface area contributed by atoms with Gasteiger partial charge >= 0.3 is 5.97 Å². The van der Waals surface area contributed by atoms with Gasteiger partial charge in [0.2, 0.25) is 0 Å². The van der Waals surface area contributed by atoms with E-state index in [1.807, 2.05) is 0 Å². The number of unbranched alkanes of at least 4 members (excludes halogenated alkanes) is 2. The third kappa shape index (κ3) is 5.41. The van der Waals surface area contributed by atoms with Gasteiger partial charge in [0.05, 0.1) is 16.3 Å². The zero-order chi connectivity index (χ0) is 15.2. The van der Waals surface area contributed by atoms with Gasteiger partial charge in [-0.2, -0.15) is 0 Å². The van der Waals surface area contributed by atoms with E-state index in [1.165, 1.54) is 31.7 Å². The molecule has 0 spiro atoms. The van der Waals surface area contributed by atoms with Crippen LogP contribution in [-0.4, -0.2) is 17.6 Å². The lowest BCUT2D eigenvalue weighted by Crippen LogP contribution is -2.23. The molecule has 2 N–H and O–H groups in total. The highest BCUT2D eigenvalue weighted by Gasteiger charge is 2.17. The molecular weight excluding hydrogens is 274 g/mol. The van der Waals surface area contributed by atoms with Gasteiger partial charge in [-0.3, -0.25) is 0 Å². The molecule has 3 nitrogen and oxygen atoms in total. The largest absolute Gasteiger partial charge is 0.478 e. The smallest absolute Gasteiger partial charge is 0.335 e. The van der Waals surface area contributed by atoms with E-state index in [4.69, 9.17) is 16.7 Å². The molecule has 0 amide bonds. The number of carbonyl (C=O) groups is 1. The summed E-state index contributed by atoms with van der Waals surface area (Å²) in [6.07, 6.45) is 4.89. The first-order valence-corrected chi connectivity index (χ1v) is 7.50. The van der Waals surface area contributed by atoms with Crippen LogP contribution in [0.1, 0.15) is 56.8 Å². The minimum Gasteiger partial charge on any atom is -0.478 e. The van der Waals surface area contributed by atoms with E-state index in [0.717, 1.165) is 12.2 Å². The quantitative estimate of drug-likeness (QED) is 0.660. The minimum absolute atomic E-state index is 0.198. The van der Waals surface area contributed by atoms with Crippen LogP contribution in [0.25, 0.3) is 0 Å². The summed E-state index contributed by atoms with van der Waals surface area (Å²) in [7, 11) is 0. The summed E-state index contributed by atoms with van der Waals surface area (Å²) in [5.74, 6) is -0.960. The van der Waals surface area contributed by atoms with Crippen molar-refractivity contribution in [2.45, 2.75) is 46.5 Å². The van der Waals surface area contributed by atoms with Gasteiger partial charge in [-0.1, -0.05) is 51.6 Å². The second-order valence-electron chi connectivity index (χ2n) is 5.97. The Labute approximate surface area is 126 Å². The third-order valence-electron chi connectivity index (χ3n) is 3.43. The number of anilines is 1. The molecule has 4 heteroatoms. The van der Waals surface area contributed by atoms with Gasteiger partial charge in [0.15, 0.2) is 0 Å². The Morgan fingerprint density at radius 2 is 2.05 bits per heavy atom. The standard InChI is InChI=1S/C16H24ClNO2/c1-4-5-6-9-16(2,3)11-18-14-8-7-12(15(19)20)10-13(14)17/h7-8,10,18H,4-6,9,11H2,1-3H3,(H,19,20). The molecule has 0 fully saturated rings.